The molecule has 0 spiro atoms. The van der Waals surface area contributed by atoms with Gasteiger partial charge >= 0.3 is 5.97 Å². The number of carboxylic acid groups (broad SMARTS) is 1. The van der Waals surface area contributed by atoms with Crippen molar-refractivity contribution in [1.29, 1.82) is 0 Å². The number of fused-ring (bicyclic) bond motifs is 1. The molecule has 1 atom stereocenters. The van der Waals surface area contributed by atoms with Gasteiger partial charge < -0.3 is 10.2 Å². The van der Waals surface area contributed by atoms with Crippen molar-refractivity contribution in [2.75, 3.05) is 6.26 Å². The van der Waals surface area contributed by atoms with E-state index in [9.17, 15) is 15.0 Å². The lowest BCUT2D eigenvalue weighted by Gasteiger charge is -2.24. The maximum Gasteiger partial charge on any atom is 0.340 e. The summed E-state index contributed by atoms with van der Waals surface area (Å²) >= 11 is 13.5. The molecule has 0 saturated heterocycles. The Bertz CT molecular complexity index is 831. The zero-order valence-corrected chi connectivity index (χ0v) is 15.0. The minimum absolute atomic E-state index is 0.0395. The largest absolute Gasteiger partial charge is 0.478 e. The standard InChI is InChI=1S/C16H14Cl2N2O3S/c1-24-15-19-11(12(14(21)22)13(18)20-15)7-16(23)6-5-8-9(16)3-2-4-10(8)17/h2-4,23H,5-7H2,1H3,(H,21,22). The topological polar surface area (TPSA) is 83.3 Å². The van der Waals surface area contributed by atoms with E-state index in [4.69, 9.17) is 23.2 Å². The van der Waals surface area contributed by atoms with Crippen molar-refractivity contribution in [3.05, 3.63) is 50.8 Å². The van der Waals surface area contributed by atoms with Gasteiger partial charge in [-0.3, -0.25) is 0 Å². The molecule has 2 N–H and O–H groups in total. The van der Waals surface area contributed by atoms with Gasteiger partial charge in [0.15, 0.2) is 5.16 Å². The molecule has 0 amide bonds. The summed E-state index contributed by atoms with van der Waals surface area (Å²) in [6.07, 6.45) is 2.89. The minimum Gasteiger partial charge on any atom is -0.478 e. The summed E-state index contributed by atoms with van der Waals surface area (Å²) in [4.78, 5) is 19.8. The number of carbonyl (C=O) groups is 1. The molecule has 1 unspecified atom stereocenters. The van der Waals surface area contributed by atoms with E-state index in [1.807, 2.05) is 6.07 Å². The minimum atomic E-state index is -1.22. The van der Waals surface area contributed by atoms with Crippen molar-refractivity contribution < 1.29 is 15.0 Å². The summed E-state index contributed by atoms with van der Waals surface area (Å²) in [5.41, 5.74) is 0.439. The second kappa shape index (κ2) is 6.52. The van der Waals surface area contributed by atoms with Gasteiger partial charge in [-0.05, 0) is 36.3 Å². The summed E-state index contributed by atoms with van der Waals surface area (Å²) in [7, 11) is 0. The van der Waals surface area contributed by atoms with Crippen LogP contribution in [-0.2, 0) is 18.4 Å². The number of rotatable bonds is 4. The van der Waals surface area contributed by atoms with E-state index in [0.717, 1.165) is 5.56 Å². The van der Waals surface area contributed by atoms with Crippen molar-refractivity contribution in [3.63, 3.8) is 0 Å². The van der Waals surface area contributed by atoms with Gasteiger partial charge in [0.05, 0.1) is 11.3 Å². The number of halogens is 2. The predicted octanol–water partition coefficient (Wildman–Crippen LogP) is 3.58. The fourth-order valence-corrected chi connectivity index (χ4v) is 4.04. The predicted molar refractivity (Wildman–Crippen MR) is 93.2 cm³/mol. The third kappa shape index (κ3) is 2.99. The lowest BCUT2D eigenvalue weighted by atomic mass is 9.89. The Hall–Kier alpha value is -1.34. The summed E-state index contributed by atoms with van der Waals surface area (Å²) < 4.78 is 0. The lowest BCUT2D eigenvalue weighted by molar-refractivity contribution is 0.0373. The van der Waals surface area contributed by atoms with Crippen LogP contribution in [0.2, 0.25) is 10.2 Å². The Morgan fingerprint density at radius 1 is 1.38 bits per heavy atom. The smallest absolute Gasteiger partial charge is 0.340 e. The number of aromatic nitrogens is 2. The fourth-order valence-electron chi connectivity index (χ4n) is 3.06. The molecule has 3 rings (SSSR count). The maximum atomic E-state index is 11.5. The second-order valence-electron chi connectivity index (χ2n) is 5.60. The van der Waals surface area contributed by atoms with E-state index < -0.39 is 11.6 Å². The molecular weight excluding hydrogens is 371 g/mol. The van der Waals surface area contributed by atoms with E-state index in [1.54, 1.807) is 18.4 Å². The molecule has 1 aliphatic carbocycles. The van der Waals surface area contributed by atoms with E-state index >= 15 is 0 Å². The number of carboxylic acids is 1. The number of nitrogens with zero attached hydrogens (tertiary/aromatic N) is 2. The third-order valence-corrected chi connectivity index (χ3v) is 5.36. The van der Waals surface area contributed by atoms with Gasteiger partial charge in [0.1, 0.15) is 10.7 Å². The monoisotopic (exact) mass is 384 g/mol. The molecule has 0 saturated carbocycles. The second-order valence-corrected chi connectivity index (χ2v) is 7.14. The molecule has 126 valence electrons. The van der Waals surface area contributed by atoms with Crippen LogP contribution in [0.25, 0.3) is 0 Å². The van der Waals surface area contributed by atoms with Crippen molar-refractivity contribution in [1.82, 2.24) is 9.97 Å². The Kier molecular flexibility index (Phi) is 4.75. The summed E-state index contributed by atoms with van der Waals surface area (Å²) in [5.74, 6) is -1.21. The van der Waals surface area contributed by atoms with Gasteiger partial charge in [0.25, 0.3) is 0 Å². The molecular formula is C16H14Cl2N2O3S. The van der Waals surface area contributed by atoms with E-state index in [0.29, 0.717) is 28.6 Å². The number of benzene rings is 1. The van der Waals surface area contributed by atoms with E-state index in [2.05, 4.69) is 9.97 Å². The van der Waals surface area contributed by atoms with E-state index in [-0.39, 0.29) is 22.8 Å². The summed E-state index contributed by atoms with van der Waals surface area (Å²) in [6, 6.07) is 5.37. The first-order valence-corrected chi connectivity index (χ1v) is 9.18. The fraction of sp³-hybridized carbons (Fsp3) is 0.312. The molecule has 24 heavy (non-hydrogen) atoms. The molecule has 8 heteroatoms. The Morgan fingerprint density at radius 3 is 2.79 bits per heavy atom. The van der Waals surface area contributed by atoms with Crippen molar-refractivity contribution in [2.24, 2.45) is 0 Å². The molecule has 0 fully saturated rings. The molecule has 0 aliphatic heterocycles. The molecule has 1 heterocycles. The van der Waals surface area contributed by atoms with Crippen molar-refractivity contribution in [2.45, 2.75) is 30.0 Å². The van der Waals surface area contributed by atoms with Crippen molar-refractivity contribution in [3.8, 4) is 0 Å². The van der Waals surface area contributed by atoms with Gasteiger partial charge in [0, 0.05) is 11.4 Å². The van der Waals surface area contributed by atoms with Crippen LogP contribution in [0.1, 0.15) is 33.6 Å². The van der Waals surface area contributed by atoms with Crippen LogP contribution in [-0.4, -0.2) is 32.4 Å². The summed E-state index contributed by atoms with van der Waals surface area (Å²) in [6.45, 7) is 0. The van der Waals surface area contributed by atoms with Gasteiger partial charge in [-0.15, -0.1) is 0 Å². The number of aliphatic hydroxyl groups is 1. The molecule has 2 aromatic rings. The molecule has 1 aromatic heterocycles. The SMILES string of the molecule is CSc1nc(Cl)c(C(=O)O)c(CC2(O)CCc3c(Cl)cccc32)n1. The molecule has 0 bridgehead atoms. The van der Waals surface area contributed by atoms with Crippen LogP contribution >= 0.6 is 35.0 Å². The highest BCUT2D eigenvalue weighted by atomic mass is 35.5. The number of thioether (sulfide) groups is 1. The van der Waals surface area contributed by atoms with Gasteiger partial charge in [-0.25, -0.2) is 14.8 Å². The first kappa shape index (κ1) is 17.5. The Morgan fingerprint density at radius 2 is 2.12 bits per heavy atom. The molecule has 0 radical (unpaired) electrons. The summed E-state index contributed by atoms with van der Waals surface area (Å²) in [5, 5.41) is 21.4. The first-order chi connectivity index (χ1) is 11.4. The number of hydrogen-bond acceptors (Lipinski definition) is 5. The van der Waals surface area contributed by atoms with Crippen LogP contribution in [0.4, 0.5) is 0 Å². The zero-order valence-electron chi connectivity index (χ0n) is 12.7. The van der Waals surface area contributed by atoms with Crippen LogP contribution in [0.15, 0.2) is 23.4 Å². The number of hydrogen-bond donors (Lipinski definition) is 2. The Balaban J connectivity index is 2.08. The van der Waals surface area contributed by atoms with Crippen LogP contribution in [0.5, 0.6) is 0 Å². The average Bonchev–Trinajstić information content (AvgIpc) is 2.85. The van der Waals surface area contributed by atoms with Crippen LogP contribution < -0.4 is 0 Å². The molecule has 5 nitrogen and oxygen atoms in total. The van der Waals surface area contributed by atoms with Crippen LogP contribution in [0, 0.1) is 0 Å². The quantitative estimate of drug-likeness (QED) is 0.476. The average molecular weight is 385 g/mol. The highest BCUT2D eigenvalue weighted by Gasteiger charge is 2.39. The zero-order chi connectivity index (χ0) is 17.5. The lowest BCUT2D eigenvalue weighted by Crippen LogP contribution is -2.27. The third-order valence-electron chi connectivity index (χ3n) is 4.18. The van der Waals surface area contributed by atoms with Crippen LogP contribution in [0.3, 0.4) is 0 Å². The normalized spacial score (nSPS) is 19.3. The number of aromatic carboxylic acids is 1. The first-order valence-electron chi connectivity index (χ1n) is 7.19. The van der Waals surface area contributed by atoms with Gasteiger partial charge in [0.2, 0.25) is 0 Å². The Labute approximate surface area is 153 Å². The van der Waals surface area contributed by atoms with Gasteiger partial charge in [-0.2, -0.15) is 0 Å². The maximum absolute atomic E-state index is 11.5. The van der Waals surface area contributed by atoms with Crippen molar-refractivity contribution >= 4 is 40.9 Å². The molecule has 1 aromatic carbocycles. The van der Waals surface area contributed by atoms with Gasteiger partial charge in [-0.1, -0.05) is 47.1 Å². The highest BCUT2D eigenvalue weighted by Crippen LogP contribution is 2.42. The van der Waals surface area contributed by atoms with E-state index in [1.165, 1.54) is 11.8 Å². The molecule has 1 aliphatic rings. The highest BCUT2D eigenvalue weighted by molar-refractivity contribution is 7.98.